The molecule has 1 saturated carbocycles. The van der Waals surface area contributed by atoms with Crippen LogP contribution >= 0.6 is 0 Å². The summed E-state index contributed by atoms with van der Waals surface area (Å²) in [5, 5.41) is 14.5. The fourth-order valence-corrected chi connectivity index (χ4v) is 1.79. The van der Waals surface area contributed by atoms with Gasteiger partial charge < -0.3 is 20.6 Å². The molecule has 0 aromatic rings. The van der Waals surface area contributed by atoms with E-state index in [9.17, 15) is 14.4 Å². The minimum absolute atomic E-state index is 0.222. The molecule has 0 saturated heterocycles. The number of nitrogens with zero attached hydrogens (tertiary/aromatic N) is 1. The molecule has 0 bridgehead atoms. The summed E-state index contributed by atoms with van der Waals surface area (Å²) in [6.45, 7) is 6.42. The van der Waals surface area contributed by atoms with Gasteiger partial charge in [0.1, 0.15) is 11.6 Å². The van der Waals surface area contributed by atoms with Crippen molar-refractivity contribution in [2.24, 2.45) is 0 Å². The lowest BCUT2D eigenvalue weighted by Gasteiger charge is -2.34. The van der Waals surface area contributed by atoms with E-state index in [0.717, 1.165) is 12.8 Å². The zero-order chi connectivity index (χ0) is 15.5. The summed E-state index contributed by atoms with van der Waals surface area (Å²) in [5.74, 6) is -1.34. The Morgan fingerprint density at radius 1 is 1.35 bits per heavy atom. The third-order valence-electron chi connectivity index (χ3n) is 3.42. The highest BCUT2D eigenvalue weighted by atomic mass is 16.4. The molecule has 1 unspecified atom stereocenters. The van der Waals surface area contributed by atoms with Gasteiger partial charge in [-0.1, -0.05) is 0 Å². The summed E-state index contributed by atoms with van der Waals surface area (Å²) in [7, 11) is 0. The molecule has 0 radical (unpaired) electrons. The van der Waals surface area contributed by atoms with Gasteiger partial charge in [0.05, 0.1) is 0 Å². The third kappa shape index (κ3) is 3.85. The lowest BCUT2D eigenvalue weighted by Crippen LogP contribution is -2.58. The Kier molecular flexibility index (Phi) is 4.97. The van der Waals surface area contributed by atoms with E-state index in [1.54, 1.807) is 13.8 Å². The van der Waals surface area contributed by atoms with Crippen LogP contribution in [-0.2, 0) is 9.59 Å². The van der Waals surface area contributed by atoms with Crippen LogP contribution in [0.4, 0.5) is 4.79 Å². The van der Waals surface area contributed by atoms with E-state index in [1.807, 2.05) is 0 Å². The van der Waals surface area contributed by atoms with Crippen molar-refractivity contribution in [3.05, 3.63) is 0 Å². The molecule has 1 aliphatic carbocycles. The van der Waals surface area contributed by atoms with Crippen LogP contribution in [0.5, 0.6) is 0 Å². The normalized spacial score (nSPS) is 16.2. The Bertz CT molecular complexity index is 404. The number of nitrogens with one attached hydrogen (secondary N) is 2. The molecular weight excluding hydrogens is 262 g/mol. The molecule has 7 heteroatoms. The maximum Gasteiger partial charge on any atom is 0.329 e. The Balaban J connectivity index is 2.62. The van der Waals surface area contributed by atoms with Gasteiger partial charge >= 0.3 is 12.0 Å². The Labute approximate surface area is 118 Å². The van der Waals surface area contributed by atoms with Crippen LogP contribution in [0.25, 0.3) is 0 Å². The molecule has 20 heavy (non-hydrogen) atoms. The van der Waals surface area contributed by atoms with Gasteiger partial charge in [0.25, 0.3) is 0 Å². The van der Waals surface area contributed by atoms with Gasteiger partial charge in [-0.25, -0.2) is 9.59 Å². The first kappa shape index (κ1) is 16.3. The van der Waals surface area contributed by atoms with E-state index >= 15 is 0 Å². The predicted molar refractivity (Wildman–Crippen MR) is 73.3 cm³/mol. The Morgan fingerprint density at radius 2 is 1.90 bits per heavy atom. The largest absolute Gasteiger partial charge is 0.480 e. The molecule has 1 rings (SSSR count). The topological polar surface area (TPSA) is 98.7 Å². The number of amides is 3. The maximum absolute atomic E-state index is 12.1. The van der Waals surface area contributed by atoms with Gasteiger partial charge in [-0.05, 0) is 40.5 Å². The number of carbonyl (C=O) groups excluding carboxylic acids is 2. The minimum Gasteiger partial charge on any atom is -0.480 e. The van der Waals surface area contributed by atoms with Crippen molar-refractivity contribution >= 4 is 17.9 Å². The number of carboxylic acids is 1. The molecule has 1 aliphatic rings. The number of carbonyl (C=O) groups is 3. The summed E-state index contributed by atoms with van der Waals surface area (Å²) < 4.78 is 0. The van der Waals surface area contributed by atoms with E-state index in [2.05, 4.69) is 10.6 Å². The van der Waals surface area contributed by atoms with Crippen molar-refractivity contribution in [1.82, 2.24) is 15.5 Å². The van der Waals surface area contributed by atoms with Gasteiger partial charge in [0.15, 0.2) is 0 Å². The highest BCUT2D eigenvalue weighted by Gasteiger charge is 2.37. The molecule has 0 aromatic carbocycles. The molecule has 114 valence electrons. The van der Waals surface area contributed by atoms with Crippen molar-refractivity contribution in [3.63, 3.8) is 0 Å². The van der Waals surface area contributed by atoms with Crippen LogP contribution in [0.1, 0.15) is 40.5 Å². The molecule has 0 aliphatic heterocycles. The lowest BCUT2D eigenvalue weighted by atomic mass is 10.0. The summed E-state index contributed by atoms with van der Waals surface area (Å²) in [6, 6.07) is -1.03. The van der Waals surface area contributed by atoms with Gasteiger partial charge in [-0.3, -0.25) is 4.79 Å². The smallest absolute Gasteiger partial charge is 0.329 e. The summed E-state index contributed by atoms with van der Waals surface area (Å²) in [6.07, 6.45) is 1.94. The zero-order valence-electron chi connectivity index (χ0n) is 12.4. The first-order chi connectivity index (χ1) is 9.20. The quantitative estimate of drug-likeness (QED) is 0.663. The summed E-state index contributed by atoms with van der Waals surface area (Å²) in [5.41, 5.74) is -1.33. The number of rotatable bonds is 6. The first-order valence-electron chi connectivity index (χ1n) is 6.82. The highest BCUT2D eigenvalue weighted by Crippen LogP contribution is 2.19. The first-order valence-corrected chi connectivity index (χ1v) is 6.82. The molecule has 3 amide bonds. The second-order valence-electron chi connectivity index (χ2n) is 5.56. The highest BCUT2D eigenvalue weighted by molar-refractivity contribution is 5.89. The second kappa shape index (κ2) is 6.11. The fourth-order valence-electron chi connectivity index (χ4n) is 1.79. The van der Waals surface area contributed by atoms with Crippen molar-refractivity contribution in [1.29, 1.82) is 0 Å². The van der Waals surface area contributed by atoms with Crippen molar-refractivity contribution < 1.29 is 19.5 Å². The van der Waals surface area contributed by atoms with E-state index in [0.29, 0.717) is 0 Å². The van der Waals surface area contributed by atoms with E-state index in [-0.39, 0.29) is 18.5 Å². The van der Waals surface area contributed by atoms with Crippen LogP contribution < -0.4 is 10.6 Å². The lowest BCUT2D eigenvalue weighted by molar-refractivity contribution is -0.147. The van der Waals surface area contributed by atoms with E-state index in [1.165, 1.54) is 18.7 Å². The second-order valence-corrected chi connectivity index (χ2v) is 5.56. The van der Waals surface area contributed by atoms with E-state index < -0.39 is 23.6 Å². The molecule has 7 nitrogen and oxygen atoms in total. The van der Waals surface area contributed by atoms with Crippen molar-refractivity contribution in [2.75, 3.05) is 6.54 Å². The SMILES string of the molecule is CCN(C(=O)NC(C)C(=O)NC1CC1)C(C)(C)C(=O)O. The number of hydrogen-bond acceptors (Lipinski definition) is 3. The standard InChI is InChI=1S/C13H23N3O4/c1-5-16(13(3,4)11(18)19)12(20)14-8(2)10(17)15-9-6-7-9/h8-9H,5-7H2,1-4H3,(H,14,20)(H,15,17)(H,18,19). The Morgan fingerprint density at radius 3 is 2.30 bits per heavy atom. The average Bonchev–Trinajstić information content (AvgIpc) is 3.12. The molecule has 0 heterocycles. The van der Waals surface area contributed by atoms with Gasteiger partial charge in [-0.2, -0.15) is 0 Å². The molecule has 1 fully saturated rings. The summed E-state index contributed by atoms with van der Waals surface area (Å²) in [4.78, 5) is 36.3. The van der Waals surface area contributed by atoms with Crippen LogP contribution in [0.3, 0.4) is 0 Å². The molecule has 0 spiro atoms. The monoisotopic (exact) mass is 285 g/mol. The van der Waals surface area contributed by atoms with E-state index in [4.69, 9.17) is 5.11 Å². The minimum atomic E-state index is -1.33. The van der Waals surface area contributed by atoms with Crippen molar-refractivity contribution in [2.45, 2.75) is 58.2 Å². The molecular formula is C13H23N3O4. The molecule has 1 atom stereocenters. The van der Waals surface area contributed by atoms with Crippen molar-refractivity contribution in [3.8, 4) is 0 Å². The van der Waals surface area contributed by atoms with Gasteiger partial charge in [-0.15, -0.1) is 0 Å². The Hall–Kier alpha value is -1.79. The summed E-state index contributed by atoms with van der Waals surface area (Å²) >= 11 is 0. The van der Waals surface area contributed by atoms with Crippen LogP contribution in [-0.4, -0.2) is 52.1 Å². The number of hydrogen-bond donors (Lipinski definition) is 3. The zero-order valence-corrected chi connectivity index (χ0v) is 12.4. The van der Waals surface area contributed by atoms with Crippen LogP contribution in [0.15, 0.2) is 0 Å². The average molecular weight is 285 g/mol. The van der Waals surface area contributed by atoms with Crippen LogP contribution in [0, 0.1) is 0 Å². The predicted octanol–water partition coefficient (Wildman–Crippen LogP) is 0.548. The number of aliphatic carboxylic acids is 1. The number of likely N-dealkylation sites (N-methyl/N-ethyl adjacent to an activating group) is 1. The number of urea groups is 1. The maximum atomic E-state index is 12.1. The molecule has 0 aromatic heterocycles. The van der Waals surface area contributed by atoms with Gasteiger partial charge in [0.2, 0.25) is 5.91 Å². The third-order valence-corrected chi connectivity index (χ3v) is 3.42. The van der Waals surface area contributed by atoms with Crippen LogP contribution in [0.2, 0.25) is 0 Å². The van der Waals surface area contributed by atoms with Gasteiger partial charge in [0, 0.05) is 12.6 Å². The molecule has 3 N–H and O–H groups in total. The fraction of sp³-hybridized carbons (Fsp3) is 0.769. The number of carboxylic acid groups (broad SMARTS) is 1.